The zero-order valence-corrected chi connectivity index (χ0v) is 64.8. The Labute approximate surface area is 626 Å². The van der Waals surface area contributed by atoms with Gasteiger partial charge in [0.05, 0.1) is 37.5 Å². The first-order valence-corrected chi connectivity index (χ1v) is 39.0. The third-order valence-electron chi connectivity index (χ3n) is 24.9. The summed E-state index contributed by atoms with van der Waals surface area (Å²) in [4.78, 5) is 193. The van der Waals surface area contributed by atoms with Gasteiger partial charge < -0.3 is 64.8 Å². The summed E-state index contributed by atoms with van der Waals surface area (Å²) in [5.41, 5.74) is -1.58. The zero-order valence-electron chi connectivity index (χ0n) is 64.8. The van der Waals surface area contributed by atoms with Gasteiger partial charge in [0.1, 0.15) is 53.9 Å². The summed E-state index contributed by atoms with van der Waals surface area (Å²) in [5, 5.41) is 8.73. The van der Waals surface area contributed by atoms with Crippen LogP contribution in [0.3, 0.4) is 0 Å². The number of hydrogen-bond acceptors (Lipinski definition) is 13. The lowest BCUT2D eigenvalue weighted by atomic mass is 9.74. The fourth-order valence-electron chi connectivity index (χ4n) is 17.7. The normalized spacial score (nSPS) is 32.1. The van der Waals surface area contributed by atoms with E-state index < -0.39 is 198 Å². The van der Waals surface area contributed by atoms with Crippen LogP contribution in [0.5, 0.6) is 0 Å². The molecule has 0 aromatic heterocycles. The number of fused-ring (bicyclic) bond motifs is 3. The van der Waals surface area contributed by atoms with Gasteiger partial charge in [-0.05, 0) is 170 Å². The van der Waals surface area contributed by atoms with Gasteiger partial charge in [-0.25, -0.2) is 0 Å². The molecule has 0 radical (unpaired) electrons. The van der Waals surface area contributed by atoms with Crippen LogP contribution in [-0.4, -0.2) is 276 Å². The lowest BCUT2D eigenvalue weighted by Crippen LogP contribution is -2.68. The van der Waals surface area contributed by atoms with Crippen LogP contribution in [0.15, 0.2) is 12.2 Å². The number of rotatable bonds is 13. The van der Waals surface area contributed by atoms with Crippen molar-refractivity contribution in [3.8, 4) is 0 Å². The fourth-order valence-corrected chi connectivity index (χ4v) is 17.7. The molecule has 2 bridgehead atoms. The number of carbonyl (C=O) groups excluding carboxylic acids is 12. The van der Waals surface area contributed by atoms with Crippen molar-refractivity contribution in [2.24, 2.45) is 47.3 Å². The molecule has 3 unspecified atom stereocenters. The summed E-state index contributed by atoms with van der Waals surface area (Å²) in [6, 6.07) is -10.5. The summed E-state index contributed by atoms with van der Waals surface area (Å²) in [6.45, 7) is 6.01. The number of hydrogen-bond donors (Lipinski definition) is 3. The Bertz CT molecular complexity index is 3230. The molecule has 7 fully saturated rings. The molecule has 2 saturated heterocycles. The molecule has 3 heterocycles. The van der Waals surface area contributed by atoms with Gasteiger partial charge in [0.25, 0.3) is 0 Å². The predicted molar refractivity (Wildman–Crippen MR) is 383 cm³/mol. The molecule has 8 rings (SSSR count). The number of amides is 12. The Balaban J connectivity index is 1.19. The molecule has 5 aliphatic carbocycles. The average Bonchev–Trinajstić information content (AvgIpc) is 1.40. The van der Waals surface area contributed by atoms with Crippen molar-refractivity contribution in [1.82, 2.24) is 60.0 Å². The van der Waals surface area contributed by atoms with E-state index in [2.05, 4.69) is 16.0 Å². The molecular formula is C76H118F6N12O13. The van der Waals surface area contributed by atoms with Crippen LogP contribution in [0.25, 0.3) is 0 Å². The highest BCUT2D eigenvalue weighted by atomic mass is 19.4. The number of nitrogens with zero attached hydrogens (tertiary/aromatic N) is 9. The van der Waals surface area contributed by atoms with E-state index in [0.29, 0.717) is 44.9 Å². The number of alkyl halides is 6. The van der Waals surface area contributed by atoms with E-state index in [-0.39, 0.29) is 128 Å². The highest BCUT2D eigenvalue weighted by molar-refractivity contribution is 6.01. The Hall–Kier alpha value is -7.08. The summed E-state index contributed by atoms with van der Waals surface area (Å²) < 4.78 is 90.6. The monoisotopic (exact) mass is 1520 g/mol. The first-order chi connectivity index (χ1) is 50.4. The third-order valence-corrected chi connectivity index (χ3v) is 24.9. The summed E-state index contributed by atoms with van der Waals surface area (Å²) in [7, 11) is 11.1. The maximum atomic E-state index is 15.6. The summed E-state index contributed by atoms with van der Waals surface area (Å²) in [5.74, 6) is -14.3. The van der Waals surface area contributed by atoms with Gasteiger partial charge in [0.2, 0.25) is 70.9 Å². The van der Waals surface area contributed by atoms with Crippen molar-refractivity contribution < 1.29 is 88.6 Å². The van der Waals surface area contributed by atoms with Crippen LogP contribution in [0.4, 0.5) is 26.3 Å². The second-order valence-electron chi connectivity index (χ2n) is 32.5. The Morgan fingerprint density at radius 2 is 1.28 bits per heavy atom. The van der Waals surface area contributed by atoms with Crippen molar-refractivity contribution >= 4 is 70.9 Å². The van der Waals surface area contributed by atoms with E-state index in [4.69, 9.17) is 4.74 Å². The molecule has 25 nitrogen and oxygen atoms in total. The van der Waals surface area contributed by atoms with Crippen molar-refractivity contribution in [2.45, 2.75) is 261 Å². The molecule has 0 aromatic carbocycles. The number of halogens is 6. The molecular weight excluding hydrogens is 1400 g/mol. The van der Waals surface area contributed by atoms with Crippen LogP contribution in [-0.2, 0) is 62.3 Å². The topological polar surface area (TPSA) is 279 Å². The lowest BCUT2D eigenvalue weighted by molar-refractivity contribution is -0.215. The van der Waals surface area contributed by atoms with Crippen molar-refractivity contribution in [1.29, 1.82) is 0 Å². The molecule has 602 valence electrons. The minimum atomic E-state index is -4.55. The van der Waals surface area contributed by atoms with E-state index in [9.17, 15) is 50.3 Å². The number of nitrogens with one attached hydrogen (secondary N) is 3. The van der Waals surface area contributed by atoms with Gasteiger partial charge in [-0.2, -0.15) is 26.3 Å². The van der Waals surface area contributed by atoms with Gasteiger partial charge in [-0.15, -0.1) is 0 Å². The number of ether oxygens (including phenoxy) is 1. The maximum Gasteiger partial charge on any atom is 0.394 e. The van der Waals surface area contributed by atoms with Crippen LogP contribution >= 0.6 is 0 Å². The maximum absolute atomic E-state index is 15.6. The fraction of sp³-hybridized carbons (Fsp3) is 0.816. The minimum absolute atomic E-state index is 0.00343. The Morgan fingerprint density at radius 3 is 1.87 bits per heavy atom. The largest absolute Gasteiger partial charge is 0.394 e. The molecule has 3 N–H and O–H groups in total. The molecule has 8 aliphatic rings. The van der Waals surface area contributed by atoms with E-state index in [0.717, 1.165) is 27.5 Å². The van der Waals surface area contributed by atoms with Crippen molar-refractivity contribution in [3.63, 3.8) is 0 Å². The van der Waals surface area contributed by atoms with Gasteiger partial charge in [-0.3, -0.25) is 57.5 Å². The lowest BCUT2D eigenvalue weighted by Gasteiger charge is -2.47. The second-order valence-corrected chi connectivity index (χ2v) is 32.5. The molecule has 31 heteroatoms. The standard InChI is InChI=1S/C76H118F6N12O13/c1-13-36-86(5)68(101)56-41-60(96)91(10)63(50-28-29-50)66(99)84-62(46(4)14-2)71(104)88(7)44-61(97)89(8)54-23-16-15-19-37-93(70(54)103)57(39-47-24-30-51(31-25-47)75(77,78)79)69(102)87(6)43-59(95)83-53(33-27-48-26-32-52(76(80,81)82)58(40-48)107-12)67(100)94-42-45(3)38-55(94)65(98)85-74(34-20-35-74)73(106)92(11)64(72(105)90(56)9)49-21-17-18-22-49/h15-16,45-58,62-64H,13-14,17-44H2,1-12H3,(H,83,95)(H,84,99)(H,85,98)/b16-15-/t45-,46-,47?,48?,51?,52?,53-,54-,55-,56-,57-,58?,62-,63-,64-/m0/s1. The van der Waals surface area contributed by atoms with Crippen LogP contribution < -0.4 is 16.0 Å². The SMILES string of the molecule is CCCN(C)C(=O)[C@@H]1CC(=O)N(C)[C@@H](C2CC2)C(=O)N[C@@H]([C@@H](C)CC)C(=O)N(C)CC(=O)N(C)[C@H]2C/C=C\CCN(C2=O)[C@@H](CC2CCC(C(F)(F)F)CC2)C(=O)N(C)CC(=O)N[C@@H](CCC2CCC(C(F)(F)F)C(OC)C2)C(=O)N2C[C@@H](C)C[C@H]2C(=O)NC2(CCC2)C(=O)N(C)[C@@H](C2CCCC2)C(=O)N1C. The third kappa shape index (κ3) is 20.5. The van der Waals surface area contributed by atoms with E-state index >= 15 is 33.6 Å². The van der Waals surface area contributed by atoms with E-state index in [1.807, 2.05) is 20.8 Å². The van der Waals surface area contributed by atoms with Gasteiger partial charge >= 0.3 is 12.4 Å². The van der Waals surface area contributed by atoms with Crippen LogP contribution in [0.1, 0.15) is 188 Å². The highest BCUT2D eigenvalue weighted by Gasteiger charge is 2.55. The van der Waals surface area contributed by atoms with Crippen molar-refractivity contribution in [3.05, 3.63) is 12.2 Å². The van der Waals surface area contributed by atoms with Crippen LogP contribution in [0, 0.1) is 47.3 Å². The Morgan fingerprint density at radius 1 is 0.645 bits per heavy atom. The minimum Gasteiger partial charge on any atom is -0.381 e. The van der Waals surface area contributed by atoms with Gasteiger partial charge in [0.15, 0.2) is 0 Å². The molecule has 1 spiro atoms. The number of likely N-dealkylation sites (N-methyl/N-ethyl adjacent to an activating group) is 7. The van der Waals surface area contributed by atoms with Crippen LogP contribution in [0.2, 0.25) is 0 Å². The quantitative estimate of drug-likeness (QED) is 0.132. The smallest absolute Gasteiger partial charge is 0.381 e. The highest BCUT2D eigenvalue weighted by Crippen LogP contribution is 2.45. The zero-order chi connectivity index (χ0) is 78.9. The second kappa shape index (κ2) is 36.6. The number of methoxy groups -OCH3 is 1. The number of carbonyl (C=O) groups is 12. The Kier molecular flexibility index (Phi) is 29.3. The molecule has 5 saturated carbocycles. The predicted octanol–water partition coefficient (Wildman–Crippen LogP) is 6.45. The molecule has 3 aliphatic heterocycles. The summed E-state index contributed by atoms with van der Waals surface area (Å²) >= 11 is 0. The first-order valence-electron chi connectivity index (χ1n) is 39.0. The summed E-state index contributed by atoms with van der Waals surface area (Å²) in [6.07, 6.45) is -2.59. The average molecular weight is 1520 g/mol. The molecule has 12 amide bonds. The van der Waals surface area contributed by atoms with Gasteiger partial charge in [0, 0.05) is 76.1 Å². The van der Waals surface area contributed by atoms with Gasteiger partial charge in [-0.1, -0.05) is 59.1 Å². The molecule has 0 aromatic rings. The van der Waals surface area contributed by atoms with E-state index in [1.165, 1.54) is 78.8 Å². The molecule has 107 heavy (non-hydrogen) atoms. The van der Waals surface area contributed by atoms with E-state index in [1.54, 1.807) is 26.1 Å². The van der Waals surface area contributed by atoms with Crippen molar-refractivity contribution in [2.75, 3.05) is 89.2 Å². The molecule has 13 atom stereocenters. The first kappa shape index (κ1) is 85.5.